The Hall–Kier alpha value is -2.17. The molecule has 0 fully saturated rings. The van der Waals surface area contributed by atoms with Crippen LogP contribution in [0.1, 0.15) is 5.56 Å². The molecule has 3 aromatic rings. The van der Waals surface area contributed by atoms with Crippen molar-refractivity contribution in [2.45, 2.75) is 0 Å². The molecular formula is C15H10Cl2N4. The summed E-state index contributed by atoms with van der Waals surface area (Å²) in [5, 5.41) is 6.09. The van der Waals surface area contributed by atoms with Crippen LogP contribution in [-0.2, 0) is 0 Å². The molecular weight excluding hydrogens is 307 g/mol. The van der Waals surface area contributed by atoms with E-state index in [1.165, 1.54) is 6.33 Å². The molecule has 0 radical (unpaired) electrons. The first-order chi connectivity index (χ1) is 10.2. The first-order valence-electron chi connectivity index (χ1n) is 6.18. The minimum absolute atomic E-state index is 0.494. The molecule has 21 heavy (non-hydrogen) atoms. The molecule has 2 aromatic carbocycles. The van der Waals surface area contributed by atoms with E-state index in [2.05, 4.69) is 20.5 Å². The Morgan fingerprint density at radius 3 is 2.71 bits per heavy atom. The van der Waals surface area contributed by atoms with Gasteiger partial charge in [0.2, 0.25) is 0 Å². The molecule has 1 heterocycles. The van der Waals surface area contributed by atoms with E-state index in [0.29, 0.717) is 15.9 Å². The summed E-state index contributed by atoms with van der Waals surface area (Å²) in [5.41, 5.74) is 4.62. The number of rotatable bonds is 3. The lowest BCUT2D eigenvalue weighted by Gasteiger charge is -2.03. The van der Waals surface area contributed by atoms with Crippen LogP contribution >= 0.6 is 23.2 Å². The van der Waals surface area contributed by atoms with E-state index < -0.39 is 0 Å². The third-order valence-electron chi connectivity index (χ3n) is 2.87. The monoisotopic (exact) mass is 316 g/mol. The maximum absolute atomic E-state index is 5.95. The van der Waals surface area contributed by atoms with Crippen LogP contribution in [0.5, 0.6) is 0 Å². The Morgan fingerprint density at radius 2 is 1.86 bits per heavy atom. The highest BCUT2D eigenvalue weighted by Gasteiger charge is 2.01. The van der Waals surface area contributed by atoms with Crippen LogP contribution in [-0.4, -0.2) is 16.2 Å². The number of anilines is 1. The van der Waals surface area contributed by atoms with E-state index in [1.807, 2.05) is 30.3 Å². The van der Waals surface area contributed by atoms with Gasteiger partial charge in [-0.3, -0.25) is 5.43 Å². The fourth-order valence-electron chi connectivity index (χ4n) is 1.85. The van der Waals surface area contributed by atoms with Crippen molar-refractivity contribution in [3.8, 4) is 0 Å². The Morgan fingerprint density at radius 1 is 1.00 bits per heavy atom. The lowest BCUT2D eigenvalue weighted by molar-refractivity contribution is 1.18. The smallest absolute Gasteiger partial charge is 0.157 e. The van der Waals surface area contributed by atoms with Gasteiger partial charge in [0.15, 0.2) is 5.82 Å². The van der Waals surface area contributed by atoms with Gasteiger partial charge in [0, 0.05) is 5.39 Å². The average Bonchev–Trinajstić information content (AvgIpc) is 2.51. The largest absolute Gasteiger partial charge is 0.261 e. The minimum Gasteiger partial charge on any atom is -0.261 e. The summed E-state index contributed by atoms with van der Waals surface area (Å²) in [7, 11) is 0. The van der Waals surface area contributed by atoms with Gasteiger partial charge in [-0.2, -0.15) is 5.10 Å². The molecule has 0 amide bonds. The molecule has 3 rings (SSSR count). The molecule has 1 aromatic heterocycles. The van der Waals surface area contributed by atoms with Crippen molar-refractivity contribution < 1.29 is 0 Å². The maximum atomic E-state index is 5.95. The van der Waals surface area contributed by atoms with E-state index in [9.17, 15) is 0 Å². The molecule has 0 aliphatic carbocycles. The maximum Gasteiger partial charge on any atom is 0.157 e. The molecule has 6 heteroatoms. The molecule has 0 aliphatic heterocycles. The van der Waals surface area contributed by atoms with E-state index in [4.69, 9.17) is 23.2 Å². The number of hydrogen-bond acceptors (Lipinski definition) is 4. The first kappa shape index (κ1) is 13.8. The van der Waals surface area contributed by atoms with E-state index in [0.717, 1.165) is 16.5 Å². The Labute approximate surface area is 131 Å². The first-order valence-corrected chi connectivity index (χ1v) is 6.93. The number of benzene rings is 2. The van der Waals surface area contributed by atoms with Crippen LogP contribution in [0.2, 0.25) is 10.0 Å². The summed E-state index contributed by atoms with van der Waals surface area (Å²) < 4.78 is 0. The van der Waals surface area contributed by atoms with Gasteiger partial charge < -0.3 is 0 Å². The average molecular weight is 317 g/mol. The highest BCUT2D eigenvalue weighted by molar-refractivity contribution is 6.42. The lowest BCUT2D eigenvalue weighted by Crippen LogP contribution is -1.95. The SMILES string of the molecule is Clc1ccc(C=NNc2ncnc3ccccc23)cc1Cl. The van der Waals surface area contributed by atoms with Crippen LogP contribution in [0.4, 0.5) is 5.82 Å². The van der Waals surface area contributed by atoms with Crippen molar-refractivity contribution in [3.63, 3.8) is 0 Å². The highest BCUT2D eigenvalue weighted by atomic mass is 35.5. The molecule has 1 N–H and O–H groups in total. The standard InChI is InChI=1S/C15H10Cl2N4/c16-12-6-5-10(7-13(12)17)8-20-21-15-11-3-1-2-4-14(11)18-9-19-15/h1-9H,(H,18,19,21). The van der Waals surface area contributed by atoms with Crippen molar-refractivity contribution in [2.24, 2.45) is 5.10 Å². The second-order valence-electron chi connectivity index (χ2n) is 4.28. The number of hydrazone groups is 1. The van der Waals surface area contributed by atoms with Crippen molar-refractivity contribution in [1.82, 2.24) is 9.97 Å². The fourth-order valence-corrected chi connectivity index (χ4v) is 2.16. The van der Waals surface area contributed by atoms with Crippen molar-refractivity contribution >= 4 is 46.1 Å². The minimum atomic E-state index is 0.494. The third kappa shape index (κ3) is 3.12. The van der Waals surface area contributed by atoms with Crippen molar-refractivity contribution in [3.05, 3.63) is 64.4 Å². The summed E-state index contributed by atoms with van der Waals surface area (Å²) in [4.78, 5) is 8.38. The van der Waals surface area contributed by atoms with Gasteiger partial charge in [-0.15, -0.1) is 0 Å². The second kappa shape index (κ2) is 6.08. The lowest BCUT2D eigenvalue weighted by atomic mass is 10.2. The fraction of sp³-hybridized carbons (Fsp3) is 0. The molecule has 0 spiro atoms. The number of aromatic nitrogens is 2. The number of fused-ring (bicyclic) bond motifs is 1. The number of nitrogens with one attached hydrogen (secondary N) is 1. The van der Waals surface area contributed by atoms with E-state index in [-0.39, 0.29) is 0 Å². The molecule has 104 valence electrons. The normalized spacial score (nSPS) is 11.1. The highest BCUT2D eigenvalue weighted by Crippen LogP contribution is 2.22. The number of para-hydroxylation sites is 1. The predicted octanol–water partition coefficient (Wildman–Crippen LogP) is 4.38. The molecule has 0 atom stereocenters. The second-order valence-corrected chi connectivity index (χ2v) is 5.10. The van der Waals surface area contributed by atoms with Crippen LogP contribution in [0.3, 0.4) is 0 Å². The van der Waals surface area contributed by atoms with Gasteiger partial charge in [0.1, 0.15) is 6.33 Å². The Balaban J connectivity index is 1.83. The third-order valence-corrected chi connectivity index (χ3v) is 3.61. The topological polar surface area (TPSA) is 50.2 Å². The molecule has 0 aliphatic rings. The Kier molecular flexibility index (Phi) is 3.99. The molecule has 0 unspecified atom stereocenters. The molecule has 4 nitrogen and oxygen atoms in total. The zero-order valence-corrected chi connectivity index (χ0v) is 12.3. The summed E-state index contributed by atoms with van der Waals surface area (Å²) >= 11 is 11.8. The van der Waals surface area contributed by atoms with Crippen LogP contribution in [0.15, 0.2) is 53.9 Å². The van der Waals surface area contributed by atoms with Crippen molar-refractivity contribution in [2.75, 3.05) is 5.43 Å². The van der Waals surface area contributed by atoms with Crippen LogP contribution in [0.25, 0.3) is 10.9 Å². The van der Waals surface area contributed by atoms with Gasteiger partial charge >= 0.3 is 0 Å². The molecule has 0 bridgehead atoms. The molecule has 0 saturated carbocycles. The number of nitrogens with zero attached hydrogens (tertiary/aromatic N) is 3. The van der Waals surface area contributed by atoms with Crippen LogP contribution < -0.4 is 5.43 Å². The van der Waals surface area contributed by atoms with Crippen molar-refractivity contribution in [1.29, 1.82) is 0 Å². The predicted molar refractivity (Wildman–Crippen MR) is 87.2 cm³/mol. The quantitative estimate of drug-likeness (QED) is 0.576. The van der Waals surface area contributed by atoms with Gasteiger partial charge in [-0.05, 0) is 29.8 Å². The molecule has 0 saturated heterocycles. The number of hydrogen-bond donors (Lipinski definition) is 1. The zero-order chi connectivity index (χ0) is 14.7. The van der Waals surface area contributed by atoms with Gasteiger partial charge in [0.25, 0.3) is 0 Å². The summed E-state index contributed by atoms with van der Waals surface area (Å²) in [6.07, 6.45) is 3.15. The Bertz CT molecular complexity index is 812. The van der Waals surface area contributed by atoms with E-state index >= 15 is 0 Å². The van der Waals surface area contributed by atoms with Gasteiger partial charge in [-0.1, -0.05) is 41.4 Å². The number of halogens is 2. The van der Waals surface area contributed by atoms with Crippen LogP contribution in [0, 0.1) is 0 Å². The van der Waals surface area contributed by atoms with Gasteiger partial charge in [-0.25, -0.2) is 9.97 Å². The van der Waals surface area contributed by atoms with E-state index in [1.54, 1.807) is 18.3 Å². The summed E-state index contributed by atoms with van der Waals surface area (Å²) in [6, 6.07) is 13.0. The summed E-state index contributed by atoms with van der Waals surface area (Å²) in [5.74, 6) is 0.650. The van der Waals surface area contributed by atoms with Gasteiger partial charge in [0.05, 0.1) is 21.8 Å². The summed E-state index contributed by atoms with van der Waals surface area (Å²) in [6.45, 7) is 0. The zero-order valence-electron chi connectivity index (χ0n) is 10.8.